The number of nitrogens with one attached hydrogen (secondary N) is 1. The van der Waals surface area contributed by atoms with E-state index in [1.54, 1.807) is 0 Å². The van der Waals surface area contributed by atoms with Gasteiger partial charge in [0.05, 0.1) is 12.2 Å². The molecule has 2 rings (SSSR count). The summed E-state index contributed by atoms with van der Waals surface area (Å²) in [5.41, 5.74) is -0.731. The quantitative estimate of drug-likeness (QED) is 0.841. The maximum atomic E-state index is 12.4. The first-order chi connectivity index (χ1) is 10.3. The van der Waals surface area contributed by atoms with Crippen LogP contribution in [0.1, 0.15) is 18.4 Å². The molecular formula is C14H16F5NO2. The molecule has 124 valence electrons. The largest absolute Gasteiger partial charge is 0.489 e. The predicted molar refractivity (Wildman–Crippen MR) is 68.8 cm³/mol. The van der Waals surface area contributed by atoms with Gasteiger partial charge in [0.1, 0.15) is 11.9 Å². The third-order valence-electron chi connectivity index (χ3n) is 3.38. The minimum Gasteiger partial charge on any atom is -0.489 e. The van der Waals surface area contributed by atoms with Crippen LogP contribution < -0.4 is 10.1 Å². The van der Waals surface area contributed by atoms with E-state index in [4.69, 9.17) is 4.74 Å². The molecule has 22 heavy (non-hydrogen) atoms. The summed E-state index contributed by atoms with van der Waals surface area (Å²) in [6, 6.07) is 4.31. The molecule has 1 heterocycles. The van der Waals surface area contributed by atoms with Crippen molar-refractivity contribution in [3.8, 4) is 5.75 Å². The Kier molecular flexibility index (Phi) is 5.57. The van der Waals surface area contributed by atoms with Crippen LogP contribution in [0.3, 0.4) is 0 Å². The molecule has 0 saturated carbocycles. The van der Waals surface area contributed by atoms with Gasteiger partial charge in [-0.05, 0) is 37.1 Å². The molecule has 8 heteroatoms. The van der Waals surface area contributed by atoms with Gasteiger partial charge in [0.2, 0.25) is 0 Å². The van der Waals surface area contributed by atoms with Crippen LogP contribution >= 0.6 is 0 Å². The van der Waals surface area contributed by atoms with Gasteiger partial charge >= 0.3 is 12.8 Å². The molecule has 0 aliphatic carbocycles. The Bertz CT molecular complexity index is 455. The van der Waals surface area contributed by atoms with Gasteiger partial charge < -0.3 is 14.8 Å². The Hall–Kier alpha value is -1.41. The molecule has 1 aliphatic rings. The lowest BCUT2D eigenvalue weighted by Gasteiger charge is -2.30. The van der Waals surface area contributed by atoms with Gasteiger partial charge in [-0.15, -0.1) is 0 Å². The van der Waals surface area contributed by atoms with Crippen LogP contribution in [0, 0.1) is 0 Å². The standard InChI is InChI=1S/C14H16F5NO2/c15-13(16)21-8-10-3-6-12(7-20-10)22-11-4-1-9(2-5-11)14(17,18)19/h1-2,4-5,10,12-13,20H,3,6-8H2/t10-,12-/m0/s1. The second kappa shape index (κ2) is 7.23. The first-order valence-electron chi connectivity index (χ1n) is 6.81. The molecule has 0 spiro atoms. The van der Waals surface area contributed by atoms with Crippen molar-refractivity contribution < 1.29 is 31.4 Å². The van der Waals surface area contributed by atoms with E-state index in [0.717, 1.165) is 12.1 Å². The molecule has 2 atom stereocenters. The van der Waals surface area contributed by atoms with Gasteiger partial charge in [-0.25, -0.2) is 0 Å². The third-order valence-corrected chi connectivity index (χ3v) is 3.38. The lowest BCUT2D eigenvalue weighted by atomic mass is 10.0. The summed E-state index contributed by atoms with van der Waals surface area (Å²) in [6.07, 6.45) is -3.37. The number of benzene rings is 1. The second-order valence-corrected chi connectivity index (χ2v) is 5.04. The van der Waals surface area contributed by atoms with Gasteiger partial charge in [0, 0.05) is 12.6 Å². The van der Waals surface area contributed by atoms with Crippen LogP contribution in [-0.2, 0) is 10.9 Å². The van der Waals surface area contributed by atoms with Crippen molar-refractivity contribution in [3.63, 3.8) is 0 Å². The summed E-state index contributed by atoms with van der Waals surface area (Å²) in [4.78, 5) is 0. The van der Waals surface area contributed by atoms with E-state index < -0.39 is 18.4 Å². The zero-order valence-electron chi connectivity index (χ0n) is 11.6. The Morgan fingerprint density at radius 2 is 1.82 bits per heavy atom. The maximum Gasteiger partial charge on any atom is 0.416 e. The molecule has 1 aromatic carbocycles. The number of hydrogen-bond acceptors (Lipinski definition) is 3. The Labute approximate surface area is 124 Å². The average Bonchev–Trinajstić information content (AvgIpc) is 2.46. The predicted octanol–water partition coefficient (Wildman–Crippen LogP) is 3.44. The first kappa shape index (κ1) is 17.0. The van der Waals surface area contributed by atoms with Crippen LogP contribution in [0.25, 0.3) is 0 Å². The minimum atomic E-state index is -4.37. The highest BCUT2D eigenvalue weighted by Crippen LogP contribution is 2.30. The minimum absolute atomic E-state index is 0.0787. The van der Waals surface area contributed by atoms with E-state index in [-0.39, 0.29) is 18.8 Å². The Morgan fingerprint density at radius 1 is 1.14 bits per heavy atom. The monoisotopic (exact) mass is 325 g/mol. The fraction of sp³-hybridized carbons (Fsp3) is 0.571. The Balaban J connectivity index is 1.78. The molecule has 1 aliphatic heterocycles. The van der Waals surface area contributed by atoms with Crippen molar-refractivity contribution in [1.29, 1.82) is 0 Å². The molecule has 0 radical (unpaired) electrons. The van der Waals surface area contributed by atoms with Crippen LogP contribution in [0.2, 0.25) is 0 Å². The molecule has 0 bridgehead atoms. The van der Waals surface area contributed by atoms with Crippen molar-refractivity contribution in [1.82, 2.24) is 5.32 Å². The SMILES string of the molecule is FC(F)OC[C@@H]1CC[C@H](Oc2ccc(C(F)(F)F)cc2)CN1. The van der Waals surface area contributed by atoms with Crippen molar-refractivity contribution >= 4 is 0 Å². The van der Waals surface area contributed by atoms with E-state index >= 15 is 0 Å². The summed E-state index contributed by atoms with van der Waals surface area (Å²) in [7, 11) is 0. The lowest BCUT2D eigenvalue weighted by Crippen LogP contribution is -2.46. The third kappa shape index (κ3) is 5.10. The maximum absolute atomic E-state index is 12.4. The van der Waals surface area contributed by atoms with Crippen LogP contribution in [0.5, 0.6) is 5.75 Å². The highest BCUT2D eigenvalue weighted by atomic mass is 19.4. The van der Waals surface area contributed by atoms with E-state index in [1.807, 2.05) is 0 Å². The molecular weight excluding hydrogens is 309 g/mol. The smallest absolute Gasteiger partial charge is 0.416 e. The summed E-state index contributed by atoms with van der Waals surface area (Å²) in [5.74, 6) is 0.349. The van der Waals surface area contributed by atoms with Crippen molar-refractivity contribution in [2.45, 2.75) is 37.8 Å². The summed E-state index contributed by atoms with van der Waals surface area (Å²) >= 11 is 0. The van der Waals surface area contributed by atoms with Gasteiger partial charge in [-0.3, -0.25) is 0 Å². The van der Waals surface area contributed by atoms with E-state index in [2.05, 4.69) is 10.1 Å². The topological polar surface area (TPSA) is 30.5 Å². The zero-order chi connectivity index (χ0) is 16.2. The number of rotatable bonds is 5. The van der Waals surface area contributed by atoms with Gasteiger partial charge in [-0.2, -0.15) is 22.0 Å². The number of ether oxygens (including phenoxy) is 2. The molecule has 1 N–H and O–H groups in total. The number of alkyl halides is 5. The highest BCUT2D eigenvalue weighted by molar-refractivity contribution is 5.29. The average molecular weight is 325 g/mol. The summed E-state index contributed by atoms with van der Waals surface area (Å²) in [6.45, 7) is -2.44. The fourth-order valence-electron chi connectivity index (χ4n) is 2.24. The van der Waals surface area contributed by atoms with E-state index in [9.17, 15) is 22.0 Å². The lowest BCUT2D eigenvalue weighted by molar-refractivity contribution is -0.137. The van der Waals surface area contributed by atoms with E-state index in [1.165, 1.54) is 12.1 Å². The van der Waals surface area contributed by atoms with Crippen LogP contribution in [0.4, 0.5) is 22.0 Å². The summed E-state index contributed by atoms with van der Waals surface area (Å²) in [5, 5.41) is 3.02. The van der Waals surface area contributed by atoms with Gasteiger partial charge in [0.25, 0.3) is 0 Å². The fourth-order valence-corrected chi connectivity index (χ4v) is 2.24. The van der Waals surface area contributed by atoms with Crippen molar-refractivity contribution in [2.24, 2.45) is 0 Å². The molecule has 0 amide bonds. The van der Waals surface area contributed by atoms with Crippen molar-refractivity contribution in [3.05, 3.63) is 29.8 Å². The highest BCUT2D eigenvalue weighted by Gasteiger charge is 2.30. The number of hydrogen-bond donors (Lipinski definition) is 1. The number of piperidine rings is 1. The number of halogens is 5. The molecule has 0 aromatic heterocycles. The molecule has 1 aromatic rings. The van der Waals surface area contributed by atoms with Gasteiger partial charge in [0.15, 0.2) is 0 Å². The van der Waals surface area contributed by atoms with E-state index in [0.29, 0.717) is 25.1 Å². The molecule has 0 unspecified atom stereocenters. The van der Waals surface area contributed by atoms with Gasteiger partial charge in [-0.1, -0.05) is 0 Å². The van der Waals surface area contributed by atoms with Crippen LogP contribution in [0.15, 0.2) is 24.3 Å². The second-order valence-electron chi connectivity index (χ2n) is 5.04. The Morgan fingerprint density at radius 3 is 2.32 bits per heavy atom. The molecule has 3 nitrogen and oxygen atoms in total. The first-order valence-corrected chi connectivity index (χ1v) is 6.81. The van der Waals surface area contributed by atoms with Crippen LogP contribution in [-0.4, -0.2) is 31.9 Å². The van der Waals surface area contributed by atoms with Crippen molar-refractivity contribution in [2.75, 3.05) is 13.2 Å². The summed E-state index contributed by atoms with van der Waals surface area (Å²) < 4.78 is 70.9. The zero-order valence-corrected chi connectivity index (χ0v) is 11.6. The normalized spacial score (nSPS) is 22.8. The molecule has 1 saturated heterocycles. The molecule has 1 fully saturated rings.